The molecule has 0 aliphatic carbocycles. The van der Waals surface area contributed by atoms with Gasteiger partial charge >= 0.3 is 6.03 Å². The highest BCUT2D eigenvalue weighted by Crippen LogP contribution is 2.22. The molecular formula is C10H15N5O. The lowest BCUT2D eigenvalue weighted by atomic mass is 10.2. The van der Waals surface area contributed by atoms with Gasteiger partial charge in [-0.1, -0.05) is 0 Å². The van der Waals surface area contributed by atoms with Crippen molar-refractivity contribution in [1.82, 2.24) is 9.88 Å². The van der Waals surface area contributed by atoms with Crippen LogP contribution in [0.15, 0.2) is 0 Å². The third kappa shape index (κ3) is 2.08. The Kier molecular flexibility index (Phi) is 3.40. The molecule has 0 saturated heterocycles. The lowest BCUT2D eigenvalue weighted by Crippen LogP contribution is -2.32. The second kappa shape index (κ2) is 4.57. The number of urea groups is 1. The number of nitrogens with zero attached hydrogens (tertiary/aromatic N) is 2. The molecule has 86 valence electrons. The quantitative estimate of drug-likeness (QED) is 0.679. The fraction of sp³-hybridized carbons (Fsp3) is 0.400. The number of primary amides is 1. The summed E-state index contributed by atoms with van der Waals surface area (Å²) in [4.78, 5) is 10.5. The highest BCUT2D eigenvalue weighted by atomic mass is 16.2. The van der Waals surface area contributed by atoms with Crippen molar-refractivity contribution in [2.45, 2.75) is 20.4 Å². The van der Waals surface area contributed by atoms with Crippen LogP contribution in [0.5, 0.6) is 0 Å². The first-order valence-corrected chi connectivity index (χ1v) is 4.87. The number of aromatic nitrogens is 1. The summed E-state index contributed by atoms with van der Waals surface area (Å²) in [5.74, 6) is 0.434. The fourth-order valence-corrected chi connectivity index (χ4v) is 1.61. The predicted octanol–water partition coefficient (Wildman–Crippen LogP) is 0.227. The highest BCUT2D eigenvalue weighted by Gasteiger charge is 2.14. The standard InChI is InChI=1S/C10H15N5O/c1-6-7(2)15(4-3-14-10(13)16)9(12)8(6)5-11/h3-4,12H2,1-2H3,(H3,13,14,16). The minimum Gasteiger partial charge on any atom is -0.384 e. The minimum absolute atomic E-state index is 0.388. The number of carbonyl (C=O) groups excluding carboxylic acids is 1. The molecule has 0 aromatic carbocycles. The van der Waals surface area contributed by atoms with Crippen LogP contribution >= 0.6 is 0 Å². The van der Waals surface area contributed by atoms with Crippen molar-refractivity contribution in [3.8, 4) is 6.07 Å². The van der Waals surface area contributed by atoms with Gasteiger partial charge in [-0.15, -0.1) is 0 Å². The maximum Gasteiger partial charge on any atom is 0.312 e. The predicted molar refractivity (Wildman–Crippen MR) is 60.6 cm³/mol. The topological polar surface area (TPSA) is 110 Å². The van der Waals surface area contributed by atoms with E-state index >= 15 is 0 Å². The van der Waals surface area contributed by atoms with Gasteiger partial charge in [0.1, 0.15) is 11.9 Å². The van der Waals surface area contributed by atoms with E-state index in [2.05, 4.69) is 11.4 Å². The van der Waals surface area contributed by atoms with Crippen LogP contribution in [0.4, 0.5) is 10.6 Å². The van der Waals surface area contributed by atoms with Gasteiger partial charge in [0.2, 0.25) is 0 Å². The summed E-state index contributed by atoms with van der Waals surface area (Å²) in [5.41, 5.74) is 13.1. The summed E-state index contributed by atoms with van der Waals surface area (Å²) in [6.07, 6.45) is 0. The van der Waals surface area contributed by atoms with Crippen LogP contribution in [-0.2, 0) is 6.54 Å². The van der Waals surface area contributed by atoms with Gasteiger partial charge in [0.15, 0.2) is 0 Å². The highest BCUT2D eigenvalue weighted by molar-refractivity contribution is 5.71. The molecule has 0 spiro atoms. The number of nitrogens with two attached hydrogens (primary N) is 2. The lowest BCUT2D eigenvalue weighted by Gasteiger charge is -2.08. The van der Waals surface area contributed by atoms with E-state index in [0.717, 1.165) is 11.3 Å². The van der Waals surface area contributed by atoms with Crippen molar-refractivity contribution in [3.05, 3.63) is 16.8 Å². The molecule has 6 nitrogen and oxygen atoms in total. The average molecular weight is 221 g/mol. The van der Waals surface area contributed by atoms with Gasteiger partial charge in [-0.2, -0.15) is 5.26 Å². The van der Waals surface area contributed by atoms with E-state index in [9.17, 15) is 4.79 Å². The number of amides is 2. The fourth-order valence-electron chi connectivity index (χ4n) is 1.61. The molecule has 0 bridgehead atoms. The SMILES string of the molecule is Cc1c(C#N)c(N)n(CCNC(N)=O)c1C. The molecule has 16 heavy (non-hydrogen) atoms. The molecule has 1 aromatic heterocycles. The molecule has 0 aliphatic heterocycles. The number of nitrogen functional groups attached to an aromatic ring is 1. The molecule has 0 radical (unpaired) electrons. The summed E-state index contributed by atoms with van der Waals surface area (Å²) >= 11 is 0. The number of carbonyl (C=O) groups is 1. The molecule has 0 saturated carbocycles. The Morgan fingerprint density at radius 1 is 1.56 bits per heavy atom. The van der Waals surface area contributed by atoms with Crippen LogP contribution in [0, 0.1) is 25.2 Å². The van der Waals surface area contributed by atoms with Crippen molar-refractivity contribution in [2.24, 2.45) is 5.73 Å². The Morgan fingerprint density at radius 3 is 2.62 bits per heavy atom. The van der Waals surface area contributed by atoms with Gasteiger partial charge in [0, 0.05) is 18.8 Å². The number of rotatable bonds is 3. The summed E-state index contributed by atoms with van der Waals surface area (Å²) < 4.78 is 1.80. The van der Waals surface area contributed by atoms with Gasteiger partial charge in [-0.3, -0.25) is 0 Å². The van der Waals surface area contributed by atoms with Crippen LogP contribution in [0.3, 0.4) is 0 Å². The van der Waals surface area contributed by atoms with Crippen LogP contribution in [0.2, 0.25) is 0 Å². The molecule has 1 rings (SSSR count). The van der Waals surface area contributed by atoms with Gasteiger partial charge in [0.05, 0.1) is 5.56 Å². The van der Waals surface area contributed by atoms with Crippen LogP contribution < -0.4 is 16.8 Å². The average Bonchev–Trinajstić information content (AvgIpc) is 2.41. The largest absolute Gasteiger partial charge is 0.384 e. The first-order chi connectivity index (χ1) is 7.49. The molecule has 1 aromatic rings. The van der Waals surface area contributed by atoms with Crippen molar-refractivity contribution in [1.29, 1.82) is 5.26 Å². The Balaban J connectivity index is 2.89. The molecule has 6 heteroatoms. The summed E-state index contributed by atoms with van der Waals surface area (Å²) in [5, 5.41) is 11.4. The Hall–Kier alpha value is -2.16. The van der Waals surface area contributed by atoms with Crippen LogP contribution in [0.1, 0.15) is 16.8 Å². The zero-order chi connectivity index (χ0) is 12.3. The van der Waals surface area contributed by atoms with E-state index in [0.29, 0.717) is 24.5 Å². The van der Waals surface area contributed by atoms with E-state index in [-0.39, 0.29) is 0 Å². The summed E-state index contributed by atoms with van der Waals surface area (Å²) in [7, 11) is 0. The third-order valence-corrected chi connectivity index (χ3v) is 2.62. The van der Waals surface area contributed by atoms with Crippen LogP contribution in [0.25, 0.3) is 0 Å². The second-order valence-electron chi connectivity index (χ2n) is 3.53. The first-order valence-electron chi connectivity index (χ1n) is 4.87. The Bertz CT molecular complexity index is 455. The van der Waals surface area contributed by atoms with Gasteiger partial charge < -0.3 is 21.4 Å². The van der Waals surface area contributed by atoms with E-state index in [1.807, 2.05) is 13.8 Å². The van der Waals surface area contributed by atoms with E-state index in [1.165, 1.54) is 0 Å². The number of nitrogens with one attached hydrogen (secondary N) is 1. The number of anilines is 1. The normalized spacial score (nSPS) is 9.81. The van der Waals surface area contributed by atoms with Crippen molar-refractivity contribution >= 4 is 11.8 Å². The van der Waals surface area contributed by atoms with Gasteiger partial charge in [0.25, 0.3) is 0 Å². The maximum atomic E-state index is 10.5. The molecule has 0 aliphatic rings. The molecular weight excluding hydrogens is 206 g/mol. The zero-order valence-electron chi connectivity index (χ0n) is 9.37. The van der Waals surface area contributed by atoms with Crippen molar-refractivity contribution in [2.75, 3.05) is 12.3 Å². The molecule has 2 amide bonds. The van der Waals surface area contributed by atoms with E-state index in [1.54, 1.807) is 4.57 Å². The maximum absolute atomic E-state index is 10.5. The lowest BCUT2D eigenvalue weighted by molar-refractivity contribution is 0.248. The monoisotopic (exact) mass is 221 g/mol. The van der Waals surface area contributed by atoms with Gasteiger partial charge in [-0.25, -0.2) is 4.79 Å². The molecule has 1 heterocycles. The number of hydrogen-bond donors (Lipinski definition) is 3. The Morgan fingerprint density at radius 2 is 2.19 bits per heavy atom. The van der Waals surface area contributed by atoms with Crippen LogP contribution in [-0.4, -0.2) is 17.1 Å². The number of nitriles is 1. The molecule has 0 unspecified atom stereocenters. The molecule has 0 fully saturated rings. The van der Waals surface area contributed by atoms with Gasteiger partial charge in [-0.05, 0) is 19.4 Å². The van der Waals surface area contributed by atoms with E-state index < -0.39 is 6.03 Å². The minimum atomic E-state index is -0.569. The summed E-state index contributed by atoms with van der Waals surface area (Å²) in [6.45, 7) is 4.63. The zero-order valence-corrected chi connectivity index (χ0v) is 9.37. The summed E-state index contributed by atoms with van der Waals surface area (Å²) in [6, 6.07) is 1.50. The first kappa shape index (κ1) is 11.9. The smallest absolute Gasteiger partial charge is 0.312 e. The second-order valence-corrected chi connectivity index (χ2v) is 3.53. The molecule has 0 atom stereocenters. The Labute approximate surface area is 93.8 Å². The number of hydrogen-bond acceptors (Lipinski definition) is 3. The third-order valence-electron chi connectivity index (χ3n) is 2.62. The van der Waals surface area contributed by atoms with Crippen molar-refractivity contribution in [3.63, 3.8) is 0 Å². The molecule has 5 N–H and O–H groups in total. The van der Waals surface area contributed by atoms with E-state index in [4.69, 9.17) is 16.7 Å². The van der Waals surface area contributed by atoms with Crippen molar-refractivity contribution < 1.29 is 4.79 Å².